The van der Waals surface area contributed by atoms with Gasteiger partial charge in [0.1, 0.15) is 6.04 Å². The summed E-state index contributed by atoms with van der Waals surface area (Å²) in [6.45, 7) is 0.0419. The lowest BCUT2D eigenvalue weighted by Gasteiger charge is -2.41. The summed E-state index contributed by atoms with van der Waals surface area (Å²) in [7, 11) is 2.66. The molecule has 33 heavy (non-hydrogen) atoms. The molecule has 1 atom stereocenters. The van der Waals surface area contributed by atoms with Crippen LogP contribution in [-0.4, -0.2) is 56.5 Å². The Morgan fingerprint density at radius 2 is 1.91 bits per heavy atom. The van der Waals surface area contributed by atoms with Gasteiger partial charge in [0.25, 0.3) is 5.91 Å². The first-order valence-corrected chi connectivity index (χ1v) is 9.83. The molecule has 1 N–H and O–H groups in total. The van der Waals surface area contributed by atoms with Crippen molar-refractivity contribution in [2.75, 3.05) is 38.7 Å². The Hall–Kier alpha value is -3.81. The van der Waals surface area contributed by atoms with Crippen molar-refractivity contribution >= 4 is 17.5 Å². The molecule has 0 bridgehead atoms. The third-order valence-electron chi connectivity index (χ3n) is 5.38. The van der Waals surface area contributed by atoms with Crippen LogP contribution in [0.3, 0.4) is 0 Å². The predicted molar refractivity (Wildman–Crippen MR) is 110 cm³/mol. The number of alkyl halides is 3. The van der Waals surface area contributed by atoms with Crippen molar-refractivity contribution in [1.29, 1.82) is 5.26 Å². The van der Waals surface area contributed by atoms with Crippen LogP contribution in [0, 0.1) is 17.1 Å². The van der Waals surface area contributed by atoms with Crippen LogP contribution in [0.25, 0.3) is 0 Å². The molecular formula is C22H20F4N4O3. The number of nitrogens with zero attached hydrogens (tertiary/aromatic N) is 3. The van der Waals surface area contributed by atoms with Gasteiger partial charge in [-0.05, 0) is 36.4 Å². The fourth-order valence-corrected chi connectivity index (χ4v) is 3.68. The van der Waals surface area contributed by atoms with Crippen LogP contribution < -0.4 is 15.0 Å². The first-order chi connectivity index (χ1) is 15.6. The zero-order chi connectivity index (χ0) is 24.3. The standard InChI is InChI=1S/C22H20F4N4O3/c1-28-20(31)18-12-29(15-5-3-14(11-27)16(10-15)22(24,25)26)7-8-30(18)21(32)13-4-6-19(33-2)17(23)9-13/h3-6,9-10,18H,7-8,12H2,1-2H3,(H,28,31). The van der Waals surface area contributed by atoms with Gasteiger partial charge in [-0.3, -0.25) is 9.59 Å². The zero-order valence-corrected chi connectivity index (χ0v) is 17.7. The van der Waals surface area contributed by atoms with Gasteiger partial charge in [-0.15, -0.1) is 0 Å². The number of hydrogen-bond donors (Lipinski definition) is 1. The second-order valence-corrected chi connectivity index (χ2v) is 7.26. The number of likely N-dealkylation sites (N-methyl/N-ethyl adjacent to an activating group) is 1. The first kappa shape index (κ1) is 23.8. The summed E-state index contributed by atoms with van der Waals surface area (Å²) in [6.07, 6.45) is -4.72. The van der Waals surface area contributed by atoms with Crippen LogP contribution in [-0.2, 0) is 11.0 Å². The second-order valence-electron chi connectivity index (χ2n) is 7.26. The Morgan fingerprint density at radius 3 is 2.48 bits per heavy atom. The quantitative estimate of drug-likeness (QED) is 0.704. The minimum Gasteiger partial charge on any atom is -0.494 e. The van der Waals surface area contributed by atoms with Crippen LogP contribution in [0.2, 0.25) is 0 Å². The predicted octanol–water partition coefficient (Wildman–Crippen LogP) is 2.80. The molecule has 1 heterocycles. The highest BCUT2D eigenvalue weighted by molar-refractivity contribution is 5.98. The number of hydrogen-bond acceptors (Lipinski definition) is 5. The number of halogens is 4. The van der Waals surface area contributed by atoms with Gasteiger partial charge in [0.15, 0.2) is 11.6 Å². The number of nitrogens with one attached hydrogen (secondary N) is 1. The van der Waals surface area contributed by atoms with Gasteiger partial charge in [0, 0.05) is 37.9 Å². The molecule has 7 nitrogen and oxygen atoms in total. The number of nitriles is 1. The van der Waals surface area contributed by atoms with E-state index in [0.29, 0.717) is 0 Å². The van der Waals surface area contributed by atoms with Gasteiger partial charge in [-0.2, -0.15) is 18.4 Å². The number of anilines is 1. The van der Waals surface area contributed by atoms with E-state index in [1.165, 1.54) is 48.2 Å². The van der Waals surface area contributed by atoms with E-state index in [9.17, 15) is 27.2 Å². The van der Waals surface area contributed by atoms with E-state index in [1.807, 2.05) is 0 Å². The average molecular weight is 464 g/mol. The normalized spacial score (nSPS) is 16.2. The van der Waals surface area contributed by atoms with Crippen LogP contribution in [0.4, 0.5) is 23.2 Å². The molecule has 2 aromatic carbocycles. The molecule has 3 rings (SSSR count). The smallest absolute Gasteiger partial charge is 0.417 e. The number of benzene rings is 2. The summed E-state index contributed by atoms with van der Waals surface area (Å²) in [5, 5.41) is 11.4. The zero-order valence-electron chi connectivity index (χ0n) is 17.7. The van der Waals surface area contributed by atoms with Crippen molar-refractivity contribution in [3.05, 3.63) is 58.9 Å². The Balaban J connectivity index is 1.90. The molecule has 0 radical (unpaired) electrons. The van der Waals surface area contributed by atoms with E-state index < -0.39 is 41.0 Å². The maximum atomic E-state index is 14.1. The number of amides is 2. The molecule has 0 aliphatic carbocycles. The van der Waals surface area contributed by atoms with E-state index in [2.05, 4.69) is 5.32 Å². The molecule has 174 valence electrons. The molecule has 0 spiro atoms. The van der Waals surface area contributed by atoms with E-state index in [4.69, 9.17) is 10.00 Å². The molecule has 1 aliphatic rings. The molecule has 1 unspecified atom stereocenters. The average Bonchev–Trinajstić information content (AvgIpc) is 2.81. The summed E-state index contributed by atoms with van der Waals surface area (Å²) in [4.78, 5) is 28.4. The van der Waals surface area contributed by atoms with Crippen molar-refractivity contribution in [2.45, 2.75) is 12.2 Å². The first-order valence-electron chi connectivity index (χ1n) is 9.83. The molecule has 0 saturated carbocycles. The lowest BCUT2D eigenvalue weighted by Crippen LogP contribution is -2.60. The maximum Gasteiger partial charge on any atom is 0.417 e. The van der Waals surface area contributed by atoms with Crippen molar-refractivity contribution < 1.29 is 31.9 Å². The number of rotatable bonds is 4. The fraction of sp³-hybridized carbons (Fsp3) is 0.318. The number of methoxy groups -OCH3 is 1. The molecular weight excluding hydrogens is 444 g/mol. The highest BCUT2D eigenvalue weighted by Crippen LogP contribution is 2.35. The summed E-state index contributed by atoms with van der Waals surface area (Å²) in [5.74, 6) is -1.90. The minimum absolute atomic E-state index is 0.00587. The van der Waals surface area contributed by atoms with Crippen molar-refractivity contribution in [2.24, 2.45) is 0 Å². The summed E-state index contributed by atoms with van der Waals surface area (Å²) in [6, 6.07) is 7.46. The van der Waals surface area contributed by atoms with Gasteiger partial charge >= 0.3 is 6.18 Å². The topological polar surface area (TPSA) is 85.7 Å². The van der Waals surface area contributed by atoms with Crippen molar-refractivity contribution in [3.63, 3.8) is 0 Å². The Morgan fingerprint density at radius 1 is 1.18 bits per heavy atom. The van der Waals surface area contributed by atoms with E-state index >= 15 is 0 Å². The fourth-order valence-electron chi connectivity index (χ4n) is 3.68. The lowest BCUT2D eigenvalue weighted by atomic mass is 10.0. The van der Waals surface area contributed by atoms with E-state index in [0.717, 1.165) is 18.2 Å². The number of carbonyl (C=O) groups is 2. The van der Waals surface area contributed by atoms with Gasteiger partial charge in [-0.25, -0.2) is 4.39 Å². The van der Waals surface area contributed by atoms with Crippen LogP contribution in [0.5, 0.6) is 5.75 Å². The molecule has 1 aliphatic heterocycles. The third-order valence-corrected chi connectivity index (χ3v) is 5.38. The summed E-state index contributed by atoms with van der Waals surface area (Å²) >= 11 is 0. The minimum atomic E-state index is -4.72. The number of piperazine rings is 1. The molecule has 2 aromatic rings. The van der Waals surface area contributed by atoms with Gasteiger partial charge in [-0.1, -0.05) is 0 Å². The number of carbonyl (C=O) groups excluding carboxylic acids is 2. The van der Waals surface area contributed by atoms with Gasteiger partial charge < -0.3 is 19.9 Å². The Kier molecular flexibility index (Phi) is 6.76. The molecule has 1 fully saturated rings. The summed E-state index contributed by atoms with van der Waals surface area (Å²) in [5.41, 5.74) is -1.41. The molecule has 11 heteroatoms. The lowest BCUT2D eigenvalue weighted by molar-refractivity contribution is -0.137. The monoisotopic (exact) mass is 464 g/mol. The third kappa shape index (κ3) is 4.84. The second kappa shape index (κ2) is 9.36. The largest absolute Gasteiger partial charge is 0.494 e. The summed E-state index contributed by atoms with van der Waals surface area (Å²) < 4.78 is 59.0. The van der Waals surface area contributed by atoms with Crippen LogP contribution in [0.15, 0.2) is 36.4 Å². The van der Waals surface area contributed by atoms with Crippen LogP contribution >= 0.6 is 0 Å². The highest BCUT2D eigenvalue weighted by Gasteiger charge is 2.38. The van der Waals surface area contributed by atoms with Crippen LogP contribution in [0.1, 0.15) is 21.5 Å². The molecule has 0 aromatic heterocycles. The van der Waals surface area contributed by atoms with Crippen molar-refractivity contribution in [1.82, 2.24) is 10.2 Å². The van der Waals surface area contributed by atoms with E-state index in [-0.39, 0.29) is 36.6 Å². The van der Waals surface area contributed by atoms with E-state index in [1.54, 1.807) is 0 Å². The SMILES string of the molecule is CNC(=O)C1CN(c2ccc(C#N)c(C(F)(F)F)c2)CCN1C(=O)c1ccc(OC)c(F)c1. The number of ether oxygens (including phenoxy) is 1. The highest BCUT2D eigenvalue weighted by atomic mass is 19.4. The Bertz CT molecular complexity index is 1110. The van der Waals surface area contributed by atoms with Gasteiger partial charge in [0.2, 0.25) is 5.91 Å². The Labute approximate surface area is 187 Å². The van der Waals surface area contributed by atoms with Gasteiger partial charge in [0.05, 0.1) is 24.3 Å². The molecule has 2 amide bonds. The maximum absolute atomic E-state index is 14.1. The van der Waals surface area contributed by atoms with Crippen molar-refractivity contribution in [3.8, 4) is 11.8 Å². The molecule has 1 saturated heterocycles.